The highest BCUT2D eigenvalue weighted by Gasteiger charge is 2.40. The number of pyridine rings is 1. The van der Waals surface area contributed by atoms with E-state index in [1.54, 1.807) is 12.1 Å². The molecule has 1 fully saturated rings. The Bertz CT molecular complexity index is 1100. The lowest BCUT2D eigenvalue weighted by Crippen LogP contribution is -2.34. The van der Waals surface area contributed by atoms with E-state index < -0.39 is 11.9 Å². The Balaban J connectivity index is 2.20. The second-order valence-electron chi connectivity index (χ2n) is 7.93. The van der Waals surface area contributed by atoms with Gasteiger partial charge in [-0.2, -0.15) is 0 Å². The minimum Gasteiger partial charge on any atom is -0.496 e. The number of likely N-dealkylation sites (N-methyl/N-ethyl adjacent to an activating group) is 1. The predicted molar refractivity (Wildman–Crippen MR) is 124 cm³/mol. The van der Waals surface area contributed by atoms with Gasteiger partial charge >= 0.3 is 11.9 Å². The normalized spacial score (nSPS) is 17.8. The first-order chi connectivity index (χ1) is 16.2. The molecule has 0 unspecified atom stereocenters. The molecule has 9 nitrogen and oxygen atoms in total. The standard InChI is InChI=1S/C24H27ClN2O7/c1-13(28)20-18(31-4)11-19(32-5)21(15-8-10-27(3)17(15)12-33-14(2)29)22(20)34-24(30)16-7-6-9-26-23(16)25/h6-7,9,11,15,17H,8,10,12H2,1-5H3/t15-,17-/m0/s1. The van der Waals surface area contributed by atoms with Gasteiger partial charge in [-0.15, -0.1) is 0 Å². The smallest absolute Gasteiger partial charge is 0.346 e. The number of Topliss-reactive ketones (excluding diaryl/α,β-unsaturated/α-hetero) is 1. The molecule has 0 N–H and O–H groups in total. The Morgan fingerprint density at radius 2 is 1.88 bits per heavy atom. The monoisotopic (exact) mass is 490 g/mol. The van der Waals surface area contributed by atoms with Crippen LogP contribution in [-0.4, -0.2) is 68.1 Å². The van der Waals surface area contributed by atoms with Crippen molar-refractivity contribution in [1.29, 1.82) is 0 Å². The van der Waals surface area contributed by atoms with Gasteiger partial charge in [0.1, 0.15) is 28.8 Å². The van der Waals surface area contributed by atoms with Gasteiger partial charge in [-0.3, -0.25) is 14.5 Å². The highest BCUT2D eigenvalue weighted by Crippen LogP contribution is 2.48. The van der Waals surface area contributed by atoms with Gasteiger partial charge in [0.15, 0.2) is 11.5 Å². The Labute approximate surface area is 202 Å². The fourth-order valence-corrected chi connectivity index (χ4v) is 4.42. The maximum absolute atomic E-state index is 13.1. The molecule has 1 aliphatic rings. The Kier molecular flexibility index (Phi) is 8.11. The van der Waals surface area contributed by atoms with Crippen LogP contribution in [0.1, 0.15) is 52.5 Å². The van der Waals surface area contributed by atoms with E-state index in [2.05, 4.69) is 4.98 Å². The third-order valence-electron chi connectivity index (χ3n) is 5.86. The molecule has 1 aromatic heterocycles. The molecule has 0 spiro atoms. The molecule has 0 amide bonds. The summed E-state index contributed by atoms with van der Waals surface area (Å²) >= 11 is 6.10. The number of likely N-dealkylation sites (tertiary alicyclic amines) is 1. The first kappa shape index (κ1) is 25.5. The van der Waals surface area contributed by atoms with Crippen molar-refractivity contribution in [2.45, 2.75) is 32.2 Å². The molecule has 0 saturated carbocycles. The maximum atomic E-state index is 13.1. The summed E-state index contributed by atoms with van der Waals surface area (Å²) in [6.45, 7) is 3.53. The largest absolute Gasteiger partial charge is 0.496 e. The average Bonchev–Trinajstić information content (AvgIpc) is 3.16. The zero-order chi connectivity index (χ0) is 25.0. The summed E-state index contributed by atoms with van der Waals surface area (Å²) in [7, 11) is 4.81. The lowest BCUT2D eigenvalue weighted by Gasteiger charge is -2.28. The summed E-state index contributed by atoms with van der Waals surface area (Å²) in [5.74, 6) is -1.19. The number of hydrogen-bond acceptors (Lipinski definition) is 9. The predicted octanol–water partition coefficient (Wildman–Crippen LogP) is 3.52. The Morgan fingerprint density at radius 1 is 1.18 bits per heavy atom. The van der Waals surface area contributed by atoms with E-state index in [-0.39, 0.29) is 52.1 Å². The third kappa shape index (κ3) is 5.15. The van der Waals surface area contributed by atoms with Gasteiger partial charge in [0, 0.05) is 30.7 Å². The molecule has 1 aromatic carbocycles. The van der Waals surface area contributed by atoms with E-state index in [1.807, 2.05) is 11.9 Å². The highest BCUT2D eigenvalue weighted by molar-refractivity contribution is 6.32. The number of ketones is 1. The van der Waals surface area contributed by atoms with Crippen molar-refractivity contribution in [2.75, 3.05) is 34.4 Å². The molecule has 3 rings (SSSR count). The van der Waals surface area contributed by atoms with Crippen molar-refractivity contribution in [3.63, 3.8) is 0 Å². The van der Waals surface area contributed by atoms with Crippen LogP contribution in [0.15, 0.2) is 24.4 Å². The van der Waals surface area contributed by atoms with Crippen molar-refractivity contribution < 1.29 is 33.3 Å². The third-order valence-corrected chi connectivity index (χ3v) is 6.16. The zero-order valence-electron chi connectivity index (χ0n) is 19.7. The van der Waals surface area contributed by atoms with Crippen LogP contribution in [0.4, 0.5) is 0 Å². The molecule has 34 heavy (non-hydrogen) atoms. The molecule has 1 saturated heterocycles. The molecule has 182 valence electrons. The SMILES string of the molecule is COc1cc(OC)c([C@H]2CCN(C)[C@H]2COC(C)=O)c(OC(=O)c2cccnc2Cl)c1C(C)=O. The minimum atomic E-state index is -0.778. The number of carbonyl (C=O) groups excluding carboxylic acids is 3. The van der Waals surface area contributed by atoms with Gasteiger partial charge in [0.25, 0.3) is 0 Å². The van der Waals surface area contributed by atoms with Crippen molar-refractivity contribution in [1.82, 2.24) is 9.88 Å². The number of esters is 2. The number of aromatic nitrogens is 1. The van der Waals surface area contributed by atoms with Gasteiger partial charge in [-0.05, 0) is 39.1 Å². The van der Waals surface area contributed by atoms with Crippen molar-refractivity contribution >= 4 is 29.3 Å². The van der Waals surface area contributed by atoms with Crippen LogP contribution in [0, 0.1) is 0 Å². The van der Waals surface area contributed by atoms with E-state index >= 15 is 0 Å². The average molecular weight is 491 g/mol. The minimum absolute atomic E-state index is 0.0263. The molecule has 2 heterocycles. The van der Waals surface area contributed by atoms with E-state index in [0.717, 1.165) is 0 Å². The fourth-order valence-electron chi connectivity index (χ4n) is 4.22. The summed E-state index contributed by atoms with van der Waals surface area (Å²) in [5, 5.41) is -0.0263. The maximum Gasteiger partial charge on any atom is 0.346 e. The van der Waals surface area contributed by atoms with Crippen LogP contribution in [0.3, 0.4) is 0 Å². The molecule has 0 aliphatic carbocycles. The summed E-state index contributed by atoms with van der Waals surface area (Å²) in [5.41, 5.74) is 0.669. The lowest BCUT2D eigenvalue weighted by atomic mass is 9.87. The molecular formula is C24H27ClN2O7. The summed E-state index contributed by atoms with van der Waals surface area (Å²) in [6, 6.07) is 4.41. The molecule has 2 aromatic rings. The number of carbonyl (C=O) groups is 3. The van der Waals surface area contributed by atoms with Crippen molar-refractivity contribution in [3.8, 4) is 17.2 Å². The first-order valence-corrected chi connectivity index (χ1v) is 11.0. The van der Waals surface area contributed by atoms with Crippen LogP contribution in [-0.2, 0) is 9.53 Å². The molecule has 0 bridgehead atoms. The summed E-state index contributed by atoms with van der Waals surface area (Å²) in [6.07, 6.45) is 2.11. The van der Waals surface area contributed by atoms with Gasteiger partial charge in [0.2, 0.25) is 0 Å². The van der Waals surface area contributed by atoms with Crippen molar-refractivity contribution in [3.05, 3.63) is 46.2 Å². The van der Waals surface area contributed by atoms with Crippen LogP contribution >= 0.6 is 11.6 Å². The second kappa shape index (κ2) is 10.8. The topological polar surface area (TPSA) is 104 Å². The Morgan fingerprint density at radius 3 is 2.47 bits per heavy atom. The number of methoxy groups -OCH3 is 2. The Hall–Kier alpha value is -3.17. The van der Waals surface area contributed by atoms with E-state index in [9.17, 15) is 14.4 Å². The highest BCUT2D eigenvalue weighted by atomic mass is 35.5. The van der Waals surface area contributed by atoms with Gasteiger partial charge in [0.05, 0.1) is 25.8 Å². The van der Waals surface area contributed by atoms with Gasteiger partial charge in [-0.1, -0.05) is 11.6 Å². The molecule has 2 atom stereocenters. The fraction of sp³-hybridized carbons (Fsp3) is 0.417. The quantitative estimate of drug-likeness (QED) is 0.238. The van der Waals surface area contributed by atoms with E-state index in [0.29, 0.717) is 24.3 Å². The van der Waals surface area contributed by atoms with Crippen LogP contribution in [0.25, 0.3) is 0 Å². The van der Waals surface area contributed by atoms with Crippen molar-refractivity contribution in [2.24, 2.45) is 0 Å². The van der Waals surface area contributed by atoms with E-state index in [1.165, 1.54) is 40.3 Å². The number of benzene rings is 1. The second-order valence-corrected chi connectivity index (χ2v) is 8.29. The summed E-state index contributed by atoms with van der Waals surface area (Å²) in [4.78, 5) is 43.3. The zero-order valence-corrected chi connectivity index (χ0v) is 20.5. The van der Waals surface area contributed by atoms with Crippen LogP contribution in [0.5, 0.6) is 17.2 Å². The lowest BCUT2D eigenvalue weighted by molar-refractivity contribution is -0.142. The summed E-state index contributed by atoms with van der Waals surface area (Å²) < 4.78 is 22.2. The number of ether oxygens (including phenoxy) is 4. The molecule has 10 heteroatoms. The molecule has 1 aliphatic heterocycles. The number of hydrogen-bond donors (Lipinski definition) is 0. The molecule has 0 radical (unpaired) electrons. The first-order valence-electron chi connectivity index (χ1n) is 10.7. The van der Waals surface area contributed by atoms with Gasteiger partial charge in [-0.25, -0.2) is 9.78 Å². The van der Waals surface area contributed by atoms with Gasteiger partial charge < -0.3 is 18.9 Å². The van der Waals surface area contributed by atoms with E-state index in [4.69, 9.17) is 30.5 Å². The number of rotatable bonds is 8. The molecular weight excluding hydrogens is 464 g/mol. The van der Waals surface area contributed by atoms with Crippen LogP contribution < -0.4 is 14.2 Å². The number of nitrogens with zero attached hydrogens (tertiary/aromatic N) is 2. The number of halogens is 1. The van der Waals surface area contributed by atoms with Crippen LogP contribution in [0.2, 0.25) is 5.15 Å².